The van der Waals surface area contributed by atoms with Gasteiger partial charge in [0.25, 0.3) is 11.8 Å². The first-order chi connectivity index (χ1) is 20.2. The molecular weight excluding hydrogens is 626 g/mol. The number of thioether (sulfide) groups is 2. The fraction of sp³-hybridized carbons (Fsp3) is 0.440. The van der Waals surface area contributed by atoms with E-state index in [-0.39, 0.29) is 39.3 Å². The van der Waals surface area contributed by atoms with Crippen molar-refractivity contribution in [3.63, 3.8) is 0 Å². The van der Waals surface area contributed by atoms with Crippen LogP contribution in [-0.4, -0.2) is 99.4 Å². The molecule has 1 saturated heterocycles. The Kier molecular flexibility index (Phi) is 9.56. The molecule has 2 amide bonds. The maximum Gasteiger partial charge on any atom is 0.352 e. The van der Waals surface area contributed by atoms with Gasteiger partial charge in [0, 0.05) is 24.1 Å². The van der Waals surface area contributed by atoms with Gasteiger partial charge in [-0.3, -0.25) is 14.5 Å². The van der Waals surface area contributed by atoms with E-state index in [2.05, 4.69) is 26.0 Å². The van der Waals surface area contributed by atoms with Crippen LogP contribution < -0.4 is 5.32 Å². The molecule has 4 rings (SSSR count). The zero-order valence-electron chi connectivity index (χ0n) is 23.6. The molecule has 3 N–H and O–H groups in total. The maximum absolute atomic E-state index is 13.4. The molecule has 0 radical (unpaired) electrons. The topological polar surface area (TPSA) is 198 Å². The fourth-order valence-electron chi connectivity index (χ4n) is 3.94. The molecule has 0 bridgehead atoms. The minimum absolute atomic E-state index is 0.0781. The number of nitrogens with one attached hydrogen (secondary N) is 1. The third kappa shape index (κ3) is 7.22. The van der Waals surface area contributed by atoms with Crippen molar-refractivity contribution in [3.05, 3.63) is 40.1 Å². The third-order valence-electron chi connectivity index (χ3n) is 5.97. The lowest BCUT2D eigenvalue weighted by Crippen LogP contribution is -2.71. The highest BCUT2D eigenvalue weighted by molar-refractivity contribution is 8.01. The molecular formula is C25H28ClN7O8S2. The number of aromatic nitrogens is 4. The van der Waals surface area contributed by atoms with Crippen LogP contribution in [0.1, 0.15) is 33.3 Å². The molecule has 0 saturated carbocycles. The number of benzene rings is 1. The van der Waals surface area contributed by atoms with Crippen LogP contribution in [0, 0.1) is 0 Å². The number of carbonyl (C=O) groups is 4. The number of carboxylic acids is 1. The first kappa shape index (κ1) is 32.1. The summed E-state index contributed by atoms with van der Waals surface area (Å²) in [7, 11) is 1.65. The van der Waals surface area contributed by atoms with E-state index >= 15 is 0 Å². The number of hydrogen-bond acceptors (Lipinski definition) is 13. The molecule has 3 heterocycles. The second-order valence-corrected chi connectivity index (χ2v) is 12.8. The summed E-state index contributed by atoms with van der Waals surface area (Å²) in [6.45, 7) is 6.44. The van der Waals surface area contributed by atoms with Crippen LogP contribution in [0.25, 0.3) is 0 Å². The molecule has 43 heavy (non-hydrogen) atoms. The summed E-state index contributed by atoms with van der Waals surface area (Å²) in [5, 5.41) is 37.1. The monoisotopic (exact) mass is 653 g/mol. The van der Waals surface area contributed by atoms with Crippen LogP contribution in [0.2, 0.25) is 5.02 Å². The largest absolute Gasteiger partial charge is 0.506 e. The summed E-state index contributed by atoms with van der Waals surface area (Å²) >= 11 is 8.56. The molecule has 2 unspecified atom stereocenters. The van der Waals surface area contributed by atoms with E-state index in [1.165, 1.54) is 53.3 Å². The number of rotatable bonds is 10. The highest BCUT2D eigenvalue weighted by Crippen LogP contribution is 2.41. The number of β-lactam (4-membered cyclic amide) rings is 1. The molecule has 0 spiro atoms. The van der Waals surface area contributed by atoms with Gasteiger partial charge in [0.2, 0.25) is 11.3 Å². The number of hydrogen-bond donors (Lipinski definition) is 3. The molecule has 18 heteroatoms. The number of aliphatic carboxylic acids is 1. The maximum atomic E-state index is 13.4. The van der Waals surface area contributed by atoms with E-state index in [4.69, 9.17) is 21.2 Å². The number of phenols is 1. The standard InChI is InChI=1S/C25H28ClN7O8S2/c1-11(23(39)40-25(2,3)4)41-29-16(12-6-7-15(34)14(26)8-12)19(35)27-17-20(36)33-18(22(37)38)13(9-42-21(17)33)10-43-24-28-30-31-32(24)5/h6-8,11,17,21,34H,9-10H2,1-5H3,(H,27,35)(H,37,38)/t11?,17?,21-/m0/s1. The van der Waals surface area contributed by atoms with Crippen molar-refractivity contribution in [2.75, 3.05) is 11.5 Å². The van der Waals surface area contributed by atoms with Gasteiger partial charge in [-0.05, 0) is 61.9 Å². The van der Waals surface area contributed by atoms with E-state index in [9.17, 15) is 29.4 Å². The number of esters is 1. The van der Waals surface area contributed by atoms with Crippen molar-refractivity contribution in [1.29, 1.82) is 0 Å². The van der Waals surface area contributed by atoms with E-state index in [0.29, 0.717) is 10.7 Å². The Balaban J connectivity index is 1.53. The first-order valence-electron chi connectivity index (χ1n) is 12.7. The second kappa shape index (κ2) is 12.8. The van der Waals surface area contributed by atoms with E-state index in [1.54, 1.807) is 27.8 Å². The lowest BCUT2D eigenvalue weighted by atomic mass is 10.0. The van der Waals surface area contributed by atoms with Crippen molar-refractivity contribution in [1.82, 2.24) is 30.4 Å². The molecule has 1 fully saturated rings. The Bertz CT molecular complexity index is 1520. The van der Waals surface area contributed by atoms with Crippen LogP contribution in [0.5, 0.6) is 5.75 Å². The van der Waals surface area contributed by atoms with Crippen molar-refractivity contribution in [3.8, 4) is 5.75 Å². The lowest BCUT2D eigenvalue weighted by Gasteiger charge is -2.49. The zero-order valence-corrected chi connectivity index (χ0v) is 26.0. The number of fused-ring (bicyclic) bond motifs is 1. The van der Waals surface area contributed by atoms with Gasteiger partial charge in [0.05, 0.1) is 5.02 Å². The average Bonchev–Trinajstić information content (AvgIpc) is 3.34. The number of amides is 2. The van der Waals surface area contributed by atoms with Gasteiger partial charge in [0.1, 0.15) is 28.5 Å². The molecule has 2 aliphatic rings. The number of oxime groups is 1. The van der Waals surface area contributed by atoms with Crippen molar-refractivity contribution >= 4 is 64.6 Å². The van der Waals surface area contributed by atoms with E-state index in [0.717, 1.165) is 4.90 Å². The molecule has 1 aromatic heterocycles. The number of carbonyl (C=O) groups excluding carboxylic acids is 3. The Hall–Kier alpha value is -3.83. The fourth-order valence-corrected chi connectivity index (χ4v) is 6.45. The van der Waals surface area contributed by atoms with E-state index in [1.807, 2.05) is 0 Å². The number of phenolic OH excluding ortho intramolecular Hbond substituents is 1. The third-order valence-corrected chi connectivity index (χ3v) is 8.71. The van der Waals surface area contributed by atoms with Crippen LogP contribution in [0.3, 0.4) is 0 Å². The second-order valence-electron chi connectivity index (χ2n) is 10.4. The van der Waals surface area contributed by atoms with Gasteiger partial charge in [-0.2, -0.15) is 0 Å². The van der Waals surface area contributed by atoms with Gasteiger partial charge < -0.3 is 25.1 Å². The number of tetrazole rings is 1. The molecule has 1 aromatic carbocycles. The molecule has 15 nitrogen and oxygen atoms in total. The predicted molar refractivity (Wildman–Crippen MR) is 155 cm³/mol. The minimum atomic E-state index is -1.28. The zero-order chi connectivity index (χ0) is 31.6. The molecule has 3 atom stereocenters. The van der Waals surface area contributed by atoms with Crippen LogP contribution in [0.4, 0.5) is 0 Å². The minimum Gasteiger partial charge on any atom is -0.506 e. The molecule has 2 aliphatic heterocycles. The number of halogens is 1. The summed E-state index contributed by atoms with van der Waals surface area (Å²) in [5.41, 5.74) is -0.653. The van der Waals surface area contributed by atoms with Crippen molar-refractivity contribution in [2.24, 2.45) is 12.2 Å². The number of aryl methyl sites for hydroxylation is 1. The number of ether oxygens (including phenoxy) is 1. The summed E-state index contributed by atoms with van der Waals surface area (Å²) in [4.78, 5) is 57.6. The summed E-state index contributed by atoms with van der Waals surface area (Å²) in [5.74, 6) is -3.20. The highest BCUT2D eigenvalue weighted by atomic mass is 35.5. The lowest BCUT2D eigenvalue weighted by molar-refractivity contribution is -0.167. The summed E-state index contributed by atoms with van der Waals surface area (Å²) in [6.07, 6.45) is -1.19. The number of aromatic hydroxyl groups is 1. The van der Waals surface area contributed by atoms with Gasteiger partial charge in [0.15, 0.2) is 5.71 Å². The Morgan fingerprint density at radius 1 is 1.33 bits per heavy atom. The van der Waals surface area contributed by atoms with Gasteiger partial charge in [-0.25, -0.2) is 14.3 Å². The first-order valence-corrected chi connectivity index (χ1v) is 15.1. The van der Waals surface area contributed by atoms with E-state index < -0.39 is 46.9 Å². The van der Waals surface area contributed by atoms with Crippen molar-refractivity contribution < 1.29 is 39.0 Å². The van der Waals surface area contributed by atoms with Gasteiger partial charge in [-0.1, -0.05) is 28.5 Å². The van der Waals surface area contributed by atoms with Crippen LogP contribution in [0.15, 0.2) is 39.8 Å². The molecule has 0 aliphatic carbocycles. The Labute approximate surface area is 259 Å². The highest BCUT2D eigenvalue weighted by Gasteiger charge is 2.54. The number of carboxylic acid groups (broad SMARTS) is 1. The average molecular weight is 654 g/mol. The quantitative estimate of drug-likeness (QED) is 0.110. The van der Waals surface area contributed by atoms with Gasteiger partial charge in [-0.15, -0.1) is 16.9 Å². The number of nitrogens with zero attached hydrogens (tertiary/aromatic N) is 6. The normalized spacial score (nSPS) is 19.3. The Morgan fingerprint density at radius 2 is 2.05 bits per heavy atom. The smallest absolute Gasteiger partial charge is 0.352 e. The summed E-state index contributed by atoms with van der Waals surface area (Å²) < 4.78 is 6.72. The van der Waals surface area contributed by atoms with Crippen LogP contribution in [-0.2, 0) is 35.8 Å². The summed E-state index contributed by atoms with van der Waals surface area (Å²) in [6, 6.07) is 2.78. The van der Waals surface area contributed by atoms with Gasteiger partial charge >= 0.3 is 11.9 Å². The SMILES string of the molecule is CC(ON=C(C(=O)NC1C(=O)N2C(C(=O)O)=C(CSc3nnnn3C)CS[C@@H]12)c1ccc(O)c(Cl)c1)C(=O)OC(C)(C)C. The predicted octanol–water partition coefficient (Wildman–Crippen LogP) is 1.55. The van der Waals surface area contributed by atoms with Crippen molar-refractivity contribution in [2.45, 2.75) is 56.0 Å². The van der Waals surface area contributed by atoms with Crippen LogP contribution >= 0.6 is 35.1 Å². The molecule has 2 aromatic rings. The molecule has 230 valence electrons. The Morgan fingerprint density at radius 3 is 2.65 bits per heavy atom.